The second-order valence-electron chi connectivity index (χ2n) is 9.89. The Kier molecular flexibility index (Phi) is 8.08. The van der Waals surface area contributed by atoms with E-state index in [1.54, 1.807) is 36.4 Å². The maximum absolute atomic E-state index is 14.0. The number of alkyl halides is 3. The lowest BCUT2D eigenvalue weighted by molar-refractivity contribution is -0.137. The zero-order chi connectivity index (χ0) is 31.5. The van der Waals surface area contributed by atoms with Crippen LogP contribution in [0.5, 0.6) is 0 Å². The number of amides is 3. The molecule has 2 aliphatic heterocycles. The Labute approximate surface area is 270 Å². The predicted octanol–water partition coefficient (Wildman–Crippen LogP) is 7.32. The summed E-state index contributed by atoms with van der Waals surface area (Å²) in [6, 6.07) is 15.3. The van der Waals surface area contributed by atoms with Crippen molar-refractivity contribution < 1.29 is 27.6 Å². The van der Waals surface area contributed by atoms with Gasteiger partial charge in [0.1, 0.15) is 11.8 Å². The van der Waals surface area contributed by atoms with E-state index < -0.39 is 63.7 Å². The van der Waals surface area contributed by atoms with Crippen LogP contribution in [0.1, 0.15) is 21.9 Å². The first kappa shape index (κ1) is 30.7. The first-order valence-electron chi connectivity index (χ1n) is 12.8. The second-order valence-corrected chi connectivity index (χ2v) is 13.2. The normalized spacial score (nSPS) is 19.6. The van der Waals surface area contributed by atoms with Crippen LogP contribution < -0.4 is 15.1 Å². The Balaban J connectivity index is 1.46. The van der Waals surface area contributed by atoms with Crippen LogP contribution >= 0.6 is 57.9 Å². The molecule has 1 aromatic heterocycles. The molecular weight excluding hydrogens is 682 g/mol. The molecule has 3 atom stereocenters. The lowest BCUT2D eigenvalue weighted by Crippen LogP contribution is -2.33. The van der Waals surface area contributed by atoms with E-state index in [1.165, 1.54) is 22.8 Å². The zero-order valence-corrected chi connectivity index (χ0v) is 25.8. The molecule has 3 unspecified atom stereocenters. The highest BCUT2D eigenvalue weighted by Gasteiger charge is 2.58. The minimum absolute atomic E-state index is 0.0676. The molecule has 0 radical (unpaired) electrons. The van der Waals surface area contributed by atoms with Crippen molar-refractivity contribution in [2.45, 2.75) is 28.9 Å². The molecule has 7 nitrogen and oxygen atoms in total. The van der Waals surface area contributed by atoms with Crippen molar-refractivity contribution in [3.8, 4) is 0 Å². The number of anilines is 2. The molecule has 2 aliphatic rings. The van der Waals surface area contributed by atoms with Crippen molar-refractivity contribution in [2.24, 2.45) is 5.92 Å². The lowest BCUT2D eigenvalue weighted by atomic mass is 9.83. The quantitative estimate of drug-likeness (QED) is 0.221. The van der Waals surface area contributed by atoms with Crippen LogP contribution in [0.15, 0.2) is 76.6 Å². The van der Waals surface area contributed by atoms with Gasteiger partial charge in [0.25, 0.3) is 0 Å². The summed E-state index contributed by atoms with van der Waals surface area (Å²) in [5.74, 6) is -4.54. The summed E-state index contributed by atoms with van der Waals surface area (Å²) in [5, 5.41) is 2.36. The van der Waals surface area contributed by atoms with Gasteiger partial charge in [-0.15, -0.1) is 0 Å². The van der Waals surface area contributed by atoms with E-state index in [9.17, 15) is 32.3 Å². The summed E-state index contributed by atoms with van der Waals surface area (Å²) >= 11 is 20.4. The van der Waals surface area contributed by atoms with Gasteiger partial charge in [0.2, 0.25) is 17.7 Å². The summed E-state index contributed by atoms with van der Waals surface area (Å²) in [6.07, 6.45) is -4.84. The number of fused-ring (bicyclic) bond motifs is 2. The number of thiazole rings is 1. The van der Waals surface area contributed by atoms with E-state index >= 15 is 0 Å². The number of hydrogen-bond acceptors (Lipinski definition) is 6. The van der Waals surface area contributed by atoms with E-state index in [1.807, 2.05) is 0 Å². The number of benzene rings is 3. The van der Waals surface area contributed by atoms with Crippen molar-refractivity contribution >= 4 is 87.0 Å². The molecule has 44 heavy (non-hydrogen) atoms. The van der Waals surface area contributed by atoms with Gasteiger partial charge in [-0.1, -0.05) is 82.2 Å². The molecule has 3 heterocycles. The van der Waals surface area contributed by atoms with E-state index in [0.717, 1.165) is 35.2 Å². The van der Waals surface area contributed by atoms with Gasteiger partial charge in [0.05, 0.1) is 32.2 Å². The third-order valence-corrected chi connectivity index (χ3v) is 10.9. The van der Waals surface area contributed by atoms with Gasteiger partial charge in [0, 0.05) is 21.5 Å². The standard InChI is InChI=1S/C29H17Cl3F3N3O4S2/c30-13-8-10-14(11-9-13)36-19(39)12-37-27-24(44-28(37)42)20(15-4-3-6-17(31)22(15)32)21-23(43-27)26(41)38(25(21)40)18-7-2-1-5-16(18)29(33,34)35/h1-11,20-21,23H,12H2,(H,36,39). The fourth-order valence-electron chi connectivity index (χ4n) is 5.37. The predicted molar refractivity (Wildman–Crippen MR) is 164 cm³/mol. The van der Waals surface area contributed by atoms with Crippen LogP contribution in [0.2, 0.25) is 15.1 Å². The van der Waals surface area contributed by atoms with Crippen molar-refractivity contribution in [2.75, 3.05) is 10.2 Å². The number of hydrogen-bond donors (Lipinski definition) is 1. The molecule has 3 aromatic carbocycles. The molecule has 0 aliphatic carbocycles. The van der Waals surface area contributed by atoms with Gasteiger partial charge in [-0.2, -0.15) is 13.2 Å². The number of halogens is 6. The number of nitrogens with one attached hydrogen (secondary N) is 1. The number of carbonyl (C=O) groups excluding carboxylic acids is 3. The van der Waals surface area contributed by atoms with Crippen LogP contribution in [0.3, 0.4) is 0 Å². The van der Waals surface area contributed by atoms with Gasteiger partial charge in [-0.25, -0.2) is 4.90 Å². The fourth-order valence-corrected chi connectivity index (χ4v) is 8.69. The molecule has 4 aromatic rings. The SMILES string of the molecule is O=C(Cn1c2c(sc1=O)C(c1cccc(Cl)c1Cl)C1C(=O)N(c3ccccc3C(F)(F)F)C(=O)C1S2)Nc1ccc(Cl)cc1. The number of imide groups is 1. The summed E-state index contributed by atoms with van der Waals surface area (Å²) in [7, 11) is 0. The molecule has 1 fully saturated rings. The molecule has 6 rings (SSSR count). The Bertz CT molecular complexity index is 1900. The molecule has 0 spiro atoms. The summed E-state index contributed by atoms with van der Waals surface area (Å²) in [4.78, 5) is 54.5. The molecule has 0 saturated carbocycles. The lowest BCUT2D eigenvalue weighted by Gasteiger charge is -2.31. The Hall–Kier alpha value is -3.29. The largest absolute Gasteiger partial charge is 0.418 e. The number of carbonyl (C=O) groups is 3. The number of rotatable bonds is 5. The van der Waals surface area contributed by atoms with Crippen molar-refractivity contribution in [3.05, 3.63) is 107 Å². The Morgan fingerprint density at radius 2 is 1.61 bits per heavy atom. The summed E-state index contributed by atoms with van der Waals surface area (Å²) < 4.78 is 43.1. The van der Waals surface area contributed by atoms with Gasteiger partial charge in [-0.05, 0) is 48.0 Å². The van der Waals surface area contributed by atoms with Crippen LogP contribution in [0, 0.1) is 5.92 Å². The number of para-hydroxylation sites is 1. The van der Waals surface area contributed by atoms with E-state index in [0.29, 0.717) is 26.1 Å². The third kappa shape index (κ3) is 5.32. The van der Waals surface area contributed by atoms with Crippen LogP contribution in [-0.4, -0.2) is 27.5 Å². The highest BCUT2D eigenvalue weighted by Crippen LogP contribution is 2.55. The average molecular weight is 699 g/mol. The first-order chi connectivity index (χ1) is 20.9. The average Bonchev–Trinajstić information content (AvgIpc) is 3.41. The van der Waals surface area contributed by atoms with E-state index in [2.05, 4.69) is 5.32 Å². The van der Waals surface area contributed by atoms with E-state index in [4.69, 9.17) is 34.8 Å². The van der Waals surface area contributed by atoms with Gasteiger partial charge < -0.3 is 5.32 Å². The van der Waals surface area contributed by atoms with Gasteiger partial charge in [-0.3, -0.25) is 23.7 Å². The highest BCUT2D eigenvalue weighted by atomic mass is 35.5. The maximum Gasteiger partial charge on any atom is 0.418 e. The molecule has 3 amide bonds. The second kappa shape index (κ2) is 11.6. The molecule has 226 valence electrons. The Morgan fingerprint density at radius 3 is 2.32 bits per heavy atom. The fraction of sp³-hybridized carbons (Fsp3) is 0.172. The number of thioether (sulfide) groups is 1. The molecular formula is C29H17Cl3F3N3O4S2. The monoisotopic (exact) mass is 697 g/mol. The van der Waals surface area contributed by atoms with Crippen molar-refractivity contribution in [3.63, 3.8) is 0 Å². The maximum atomic E-state index is 14.0. The van der Waals surface area contributed by atoms with Crippen molar-refractivity contribution in [1.82, 2.24) is 4.57 Å². The van der Waals surface area contributed by atoms with Gasteiger partial charge in [0.15, 0.2) is 0 Å². The summed E-state index contributed by atoms with van der Waals surface area (Å²) in [6.45, 7) is -0.434. The minimum Gasteiger partial charge on any atom is -0.325 e. The third-order valence-electron chi connectivity index (χ3n) is 7.25. The summed E-state index contributed by atoms with van der Waals surface area (Å²) in [5.41, 5.74) is -0.984. The van der Waals surface area contributed by atoms with Crippen LogP contribution in [0.25, 0.3) is 0 Å². The molecule has 1 N–H and O–H groups in total. The van der Waals surface area contributed by atoms with Gasteiger partial charge >= 0.3 is 11.0 Å². The minimum atomic E-state index is -4.84. The van der Waals surface area contributed by atoms with Crippen LogP contribution in [-0.2, 0) is 27.1 Å². The van der Waals surface area contributed by atoms with E-state index in [-0.39, 0.29) is 15.1 Å². The zero-order valence-electron chi connectivity index (χ0n) is 21.9. The van der Waals surface area contributed by atoms with Crippen molar-refractivity contribution in [1.29, 1.82) is 0 Å². The smallest absolute Gasteiger partial charge is 0.325 e. The first-order valence-corrected chi connectivity index (χ1v) is 15.6. The molecule has 0 bridgehead atoms. The topological polar surface area (TPSA) is 88.5 Å². The molecule has 15 heteroatoms. The number of nitrogens with zero attached hydrogens (tertiary/aromatic N) is 2. The highest BCUT2D eigenvalue weighted by molar-refractivity contribution is 8.00. The van der Waals surface area contributed by atoms with Crippen LogP contribution in [0.4, 0.5) is 24.5 Å². The molecule has 1 saturated heterocycles. The number of aromatic nitrogens is 1. The Morgan fingerprint density at radius 1 is 0.909 bits per heavy atom.